The number of nitrogens with two attached hydrogens (primary N) is 1. The monoisotopic (exact) mass is 245 g/mol. The number of rotatable bonds is 3. The van der Waals surface area contributed by atoms with Crippen LogP contribution < -0.4 is 5.73 Å². The highest BCUT2D eigenvalue weighted by Gasteiger charge is 2.19. The van der Waals surface area contributed by atoms with Gasteiger partial charge in [-0.1, -0.05) is 0 Å². The van der Waals surface area contributed by atoms with Gasteiger partial charge >= 0.3 is 0 Å². The van der Waals surface area contributed by atoms with Gasteiger partial charge in [0.2, 0.25) is 0 Å². The molecule has 0 saturated carbocycles. The summed E-state index contributed by atoms with van der Waals surface area (Å²) >= 11 is 0. The average molecular weight is 245 g/mol. The number of carbonyl (C=O) groups is 1. The van der Waals surface area contributed by atoms with E-state index in [0.29, 0.717) is 17.8 Å². The van der Waals surface area contributed by atoms with E-state index in [1.165, 1.54) is 0 Å². The van der Waals surface area contributed by atoms with Crippen LogP contribution in [0.2, 0.25) is 0 Å². The minimum absolute atomic E-state index is 0.0588. The highest BCUT2D eigenvalue weighted by Crippen LogP contribution is 2.22. The first-order chi connectivity index (χ1) is 8.54. The predicted octanol–water partition coefficient (Wildman–Crippen LogP) is 2.62. The van der Waals surface area contributed by atoms with Gasteiger partial charge in [0.25, 0.3) is 5.91 Å². The molecule has 4 nitrogen and oxygen atoms in total. The molecule has 1 aromatic carbocycles. The van der Waals surface area contributed by atoms with Crippen LogP contribution in [0.5, 0.6) is 0 Å². The molecule has 1 amide bonds. The van der Waals surface area contributed by atoms with Crippen molar-refractivity contribution in [2.24, 2.45) is 0 Å². The molecule has 18 heavy (non-hydrogen) atoms. The van der Waals surface area contributed by atoms with Crippen LogP contribution in [-0.2, 0) is 0 Å². The van der Waals surface area contributed by atoms with E-state index in [0.717, 1.165) is 10.9 Å². The first-order valence-electron chi connectivity index (χ1n) is 6.22. The zero-order chi connectivity index (χ0) is 13.3. The lowest BCUT2D eigenvalue weighted by Crippen LogP contribution is -2.36. The number of nitrogens with one attached hydrogen (secondary N) is 1. The van der Waals surface area contributed by atoms with Gasteiger partial charge in [0.15, 0.2) is 0 Å². The maximum absolute atomic E-state index is 12.5. The van der Waals surface area contributed by atoms with Crippen LogP contribution in [0.1, 0.15) is 31.1 Å². The molecule has 0 saturated heterocycles. The van der Waals surface area contributed by atoms with Gasteiger partial charge in [-0.3, -0.25) is 4.79 Å². The molecule has 0 spiro atoms. The van der Waals surface area contributed by atoms with Crippen molar-refractivity contribution in [2.75, 3.05) is 12.3 Å². The molecule has 0 radical (unpaired) electrons. The van der Waals surface area contributed by atoms with Crippen LogP contribution in [0.15, 0.2) is 24.4 Å². The molecule has 0 aliphatic heterocycles. The second-order valence-corrected chi connectivity index (χ2v) is 4.69. The van der Waals surface area contributed by atoms with Gasteiger partial charge < -0.3 is 15.6 Å². The summed E-state index contributed by atoms with van der Waals surface area (Å²) < 4.78 is 0. The lowest BCUT2D eigenvalue weighted by molar-refractivity contribution is 0.0719. The number of fused-ring (bicyclic) bond motifs is 1. The summed E-state index contributed by atoms with van der Waals surface area (Å²) in [4.78, 5) is 17.4. The zero-order valence-electron chi connectivity index (χ0n) is 11.0. The lowest BCUT2D eigenvalue weighted by Gasteiger charge is -2.24. The predicted molar refractivity (Wildman–Crippen MR) is 74.6 cm³/mol. The SMILES string of the molecule is CCN(C(=O)c1c[nH]c2cc(N)ccc12)C(C)C. The van der Waals surface area contributed by atoms with E-state index in [9.17, 15) is 4.79 Å². The van der Waals surface area contributed by atoms with Crippen molar-refractivity contribution in [3.05, 3.63) is 30.0 Å². The third-order valence-corrected chi connectivity index (χ3v) is 3.16. The Balaban J connectivity index is 2.45. The van der Waals surface area contributed by atoms with E-state index in [2.05, 4.69) is 4.98 Å². The Labute approximate surface area is 107 Å². The number of benzene rings is 1. The number of aromatic nitrogens is 1. The summed E-state index contributed by atoms with van der Waals surface area (Å²) in [6.07, 6.45) is 1.76. The van der Waals surface area contributed by atoms with Crippen molar-refractivity contribution in [1.82, 2.24) is 9.88 Å². The maximum atomic E-state index is 12.5. The number of anilines is 1. The first kappa shape index (κ1) is 12.5. The molecule has 1 heterocycles. The van der Waals surface area contributed by atoms with E-state index in [1.54, 1.807) is 6.20 Å². The fraction of sp³-hybridized carbons (Fsp3) is 0.357. The molecule has 0 bridgehead atoms. The third-order valence-electron chi connectivity index (χ3n) is 3.16. The number of aromatic amines is 1. The molecule has 3 N–H and O–H groups in total. The highest BCUT2D eigenvalue weighted by atomic mass is 16.2. The number of nitrogens with zero attached hydrogens (tertiary/aromatic N) is 1. The molecule has 0 atom stereocenters. The number of nitrogen functional groups attached to an aromatic ring is 1. The van der Waals surface area contributed by atoms with Crippen molar-refractivity contribution < 1.29 is 4.79 Å². The quantitative estimate of drug-likeness (QED) is 0.816. The third kappa shape index (κ3) is 2.06. The average Bonchev–Trinajstić information content (AvgIpc) is 2.71. The molecule has 4 heteroatoms. The summed E-state index contributed by atoms with van der Waals surface area (Å²) in [6.45, 7) is 6.74. The lowest BCUT2D eigenvalue weighted by atomic mass is 10.1. The maximum Gasteiger partial charge on any atom is 0.256 e. The van der Waals surface area contributed by atoms with E-state index < -0.39 is 0 Å². The summed E-state index contributed by atoms with van der Waals surface area (Å²) in [6, 6.07) is 5.75. The number of hydrogen-bond donors (Lipinski definition) is 2. The summed E-state index contributed by atoms with van der Waals surface area (Å²) in [5.41, 5.74) is 8.03. The van der Waals surface area contributed by atoms with Crippen molar-refractivity contribution >= 4 is 22.5 Å². The number of amides is 1. The van der Waals surface area contributed by atoms with E-state index >= 15 is 0 Å². The number of H-pyrrole nitrogens is 1. The second kappa shape index (κ2) is 4.72. The Morgan fingerprint density at radius 1 is 1.44 bits per heavy atom. The molecule has 1 aromatic heterocycles. The molecular formula is C14H19N3O. The van der Waals surface area contributed by atoms with E-state index in [1.807, 2.05) is 43.9 Å². The van der Waals surface area contributed by atoms with Gasteiger partial charge in [-0.15, -0.1) is 0 Å². The van der Waals surface area contributed by atoms with Crippen LogP contribution >= 0.6 is 0 Å². The van der Waals surface area contributed by atoms with Crippen LogP contribution in [-0.4, -0.2) is 28.4 Å². The second-order valence-electron chi connectivity index (χ2n) is 4.69. The van der Waals surface area contributed by atoms with Gasteiger partial charge in [-0.2, -0.15) is 0 Å². The fourth-order valence-electron chi connectivity index (χ4n) is 2.22. The number of hydrogen-bond acceptors (Lipinski definition) is 2. The Bertz CT molecular complexity index is 571. The molecule has 2 aromatic rings. The van der Waals surface area contributed by atoms with Gasteiger partial charge in [0.1, 0.15) is 0 Å². The van der Waals surface area contributed by atoms with Gasteiger partial charge in [-0.25, -0.2) is 0 Å². The summed E-state index contributed by atoms with van der Waals surface area (Å²) in [5, 5.41) is 0.924. The van der Waals surface area contributed by atoms with Crippen LogP contribution in [0.25, 0.3) is 10.9 Å². The molecule has 2 rings (SSSR count). The molecular weight excluding hydrogens is 226 g/mol. The fourth-order valence-corrected chi connectivity index (χ4v) is 2.22. The van der Waals surface area contributed by atoms with Gasteiger partial charge in [0.05, 0.1) is 5.56 Å². The van der Waals surface area contributed by atoms with E-state index in [-0.39, 0.29) is 11.9 Å². The van der Waals surface area contributed by atoms with Crippen LogP contribution in [0.3, 0.4) is 0 Å². The van der Waals surface area contributed by atoms with E-state index in [4.69, 9.17) is 5.73 Å². The molecule has 0 unspecified atom stereocenters. The van der Waals surface area contributed by atoms with Crippen LogP contribution in [0.4, 0.5) is 5.69 Å². The van der Waals surface area contributed by atoms with Crippen molar-refractivity contribution in [3.8, 4) is 0 Å². The highest BCUT2D eigenvalue weighted by molar-refractivity contribution is 6.07. The minimum Gasteiger partial charge on any atom is -0.399 e. The van der Waals surface area contributed by atoms with Crippen molar-refractivity contribution in [3.63, 3.8) is 0 Å². The summed E-state index contributed by atoms with van der Waals surface area (Å²) in [7, 11) is 0. The molecule has 0 aliphatic carbocycles. The molecule has 0 fully saturated rings. The first-order valence-corrected chi connectivity index (χ1v) is 6.22. The Hall–Kier alpha value is -1.97. The smallest absolute Gasteiger partial charge is 0.256 e. The normalized spacial score (nSPS) is 11.1. The molecule has 0 aliphatic rings. The minimum atomic E-state index is 0.0588. The van der Waals surface area contributed by atoms with Crippen molar-refractivity contribution in [2.45, 2.75) is 26.8 Å². The topological polar surface area (TPSA) is 62.1 Å². The van der Waals surface area contributed by atoms with Crippen LogP contribution in [0, 0.1) is 0 Å². The standard InChI is InChI=1S/C14H19N3O/c1-4-17(9(2)3)14(18)12-8-16-13-7-10(15)5-6-11(12)13/h5-9,16H,4,15H2,1-3H3. The van der Waals surface area contributed by atoms with Gasteiger partial charge in [0, 0.05) is 35.4 Å². The largest absolute Gasteiger partial charge is 0.399 e. The van der Waals surface area contributed by atoms with Gasteiger partial charge in [-0.05, 0) is 39.0 Å². The Kier molecular flexibility index (Phi) is 3.28. The molecule has 96 valence electrons. The summed E-state index contributed by atoms with van der Waals surface area (Å²) in [5.74, 6) is 0.0588. The Morgan fingerprint density at radius 3 is 2.78 bits per heavy atom. The number of carbonyl (C=O) groups excluding carboxylic acids is 1. The van der Waals surface area contributed by atoms with Crippen molar-refractivity contribution in [1.29, 1.82) is 0 Å². The Morgan fingerprint density at radius 2 is 2.17 bits per heavy atom. The zero-order valence-corrected chi connectivity index (χ0v) is 11.0.